The van der Waals surface area contributed by atoms with Gasteiger partial charge in [0.15, 0.2) is 0 Å². The van der Waals surface area contributed by atoms with E-state index in [0.29, 0.717) is 0 Å². The first kappa shape index (κ1) is 14.9. The Bertz CT molecular complexity index is 498. The Balaban J connectivity index is 2.07. The minimum Gasteiger partial charge on any atom is -0.486 e. The normalized spacial score (nSPS) is 12.1. The third-order valence-electron chi connectivity index (χ3n) is 3.18. The van der Waals surface area contributed by atoms with Crippen molar-refractivity contribution in [1.82, 2.24) is 0 Å². The number of halogens is 1. The van der Waals surface area contributed by atoms with Crippen LogP contribution in [0.15, 0.2) is 54.6 Å². The number of unbranched alkanes of at least 4 members (excludes halogenated alkanes) is 1. The highest BCUT2D eigenvalue weighted by atomic mass is 35.5. The van der Waals surface area contributed by atoms with Gasteiger partial charge in [0.05, 0.1) is 0 Å². The highest BCUT2D eigenvalue weighted by molar-refractivity contribution is 6.30. The van der Waals surface area contributed by atoms with Crippen LogP contribution >= 0.6 is 11.6 Å². The van der Waals surface area contributed by atoms with E-state index in [0.717, 1.165) is 36.6 Å². The van der Waals surface area contributed by atoms with Crippen molar-refractivity contribution >= 4 is 11.6 Å². The summed E-state index contributed by atoms with van der Waals surface area (Å²) in [6.45, 7) is 0.725. The van der Waals surface area contributed by atoms with Crippen molar-refractivity contribution in [3.8, 4) is 5.75 Å². The Morgan fingerprint density at radius 3 is 2.30 bits per heavy atom. The van der Waals surface area contributed by atoms with E-state index in [-0.39, 0.29) is 6.10 Å². The maximum absolute atomic E-state index is 6.10. The molecule has 0 bridgehead atoms. The van der Waals surface area contributed by atoms with Crippen LogP contribution in [0.5, 0.6) is 5.75 Å². The van der Waals surface area contributed by atoms with Crippen molar-refractivity contribution in [2.75, 3.05) is 6.54 Å². The molecule has 20 heavy (non-hydrogen) atoms. The highest BCUT2D eigenvalue weighted by Gasteiger charge is 2.12. The molecule has 2 N–H and O–H groups in total. The molecule has 2 rings (SSSR count). The molecule has 1 unspecified atom stereocenters. The van der Waals surface area contributed by atoms with E-state index < -0.39 is 0 Å². The Kier molecular flexibility index (Phi) is 5.90. The van der Waals surface area contributed by atoms with Gasteiger partial charge in [-0.2, -0.15) is 0 Å². The molecule has 0 aliphatic carbocycles. The molecule has 0 saturated carbocycles. The Hall–Kier alpha value is -1.51. The molecule has 0 aliphatic rings. The van der Waals surface area contributed by atoms with Crippen LogP contribution in [-0.4, -0.2) is 6.54 Å². The first-order valence-corrected chi connectivity index (χ1v) is 7.34. The lowest BCUT2D eigenvalue weighted by atomic mass is 10.0. The van der Waals surface area contributed by atoms with E-state index in [1.807, 2.05) is 42.5 Å². The van der Waals surface area contributed by atoms with E-state index in [2.05, 4.69) is 12.1 Å². The monoisotopic (exact) mass is 289 g/mol. The fourth-order valence-corrected chi connectivity index (χ4v) is 2.24. The predicted octanol–water partition coefficient (Wildman–Crippen LogP) is 4.59. The van der Waals surface area contributed by atoms with Crippen molar-refractivity contribution in [1.29, 1.82) is 0 Å². The summed E-state index contributed by atoms with van der Waals surface area (Å²) in [6, 6.07) is 17.8. The molecule has 2 aromatic carbocycles. The van der Waals surface area contributed by atoms with Gasteiger partial charge in [0.1, 0.15) is 11.9 Å². The smallest absolute Gasteiger partial charge is 0.124 e. The van der Waals surface area contributed by atoms with E-state index in [9.17, 15) is 0 Å². The summed E-state index contributed by atoms with van der Waals surface area (Å²) in [5, 5.41) is 0.719. The zero-order chi connectivity index (χ0) is 14.2. The van der Waals surface area contributed by atoms with Crippen LogP contribution < -0.4 is 10.5 Å². The molecule has 0 fully saturated rings. The predicted molar refractivity (Wildman–Crippen MR) is 84.2 cm³/mol. The van der Waals surface area contributed by atoms with Crippen molar-refractivity contribution in [2.24, 2.45) is 5.73 Å². The number of hydrogen-bond acceptors (Lipinski definition) is 2. The van der Waals surface area contributed by atoms with E-state index >= 15 is 0 Å². The molecule has 1 atom stereocenters. The molecule has 0 radical (unpaired) electrons. The summed E-state index contributed by atoms with van der Waals surface area (Å²) in [7, 11) is 0. The number of hydrogen-bond donors (Lipinski definition) is 1. The summed E-state index contributed by atoms with van der Waals surface area (Å²) in [5.41, 5.74) is 6.76. The Morgan fingerprint density at radius 2 is 1.65 bits per heavy atom. The van der Waals surface area contributed by atoms with Gasteiger partial charge < -0.3 is 10.5 Å². The number of ether oxygens (including phenoxy) is 1. The summed E-state index contributed by atoms with van der Waals surface area (Å²) in [6.07, 6.45) is 3.10. The van der Waals surface area contributed by atoms with Crippen LogP contribution in [0.1, 0.15) is 30.9 Å². The third kappa shape index (κ3) is 4.55. The van der Waals surface area contributed by atoms with Crippen LogP contribution in [0.4, 0.5) is 0 Å². The molecule has 106 valence electrons. The molecule has 0 heterocycles. The third-order valence-corrected chi connectivity index (χ3v) is 3.44. The molecule has 0 spiro atoms. The molecule has 2 nitrogen and oxygen atoms in total. The van der Waals surface area contributed by atoms with Crippen molar-refractivity contribution in [3.63, 3.8) is 0 Å². The molecule has 0 saturated heterocycles. The summed E-state index contributed by atoms with van der Waals surface area (Å²) in [4.78, 5) is 0. The first-order chi connectivity index (χ1) is 9.79. The van der Waals surface area contributed by atoms with Gasteiger partial charge in [-0.1, -0.05) is 41.9 Å². The van der Waals surface area contributed by atoms with E-state index in [1.165, 1.54) is 5.56 Å². The molecular weight excluding hydrogens is 270 g/mol. The van der Waals surface area contributed by atoms with Gasteiger partial charge in [-0.05, 0) is 55.6 Å². The molecule has 3 heteroatoms. The average molecular weight is 290 g/mol. The van der Waals surface area contributed by atoms with Gasteiger partial charge in [0, 0.05) is 5.02 Å². The van der Waals surface area contributed by atoms with E-state index in [4.69, 9.17) is 22.1 Å². The van der Waals surface area contributed by atoms with Crippen molar-refractivity contribution in [3.05, 3.63) is 65.2 Å². The SMILES string of the molecule is NCCCCC(Oc1ccc(Cl)cc1)c1ccccc1. The summed E-state index contributed by atoms with van der Waals surface area (Å²) < 4.78 is 6.10. The van der Waals surface area contributed by atoms with Gasteiger partial charge in [-0.25, -0.2) is 0 Å². The van der Waals surface area contributed by atoms with Crippen LogP contribution in [-0.2, 0) is 0 Å². The number of nitrogens with two attached hydrogens (primary N) is 1. The lowest BCUT2D eigenvalue weighted by Crippen LogP contribution is -2.09. The van der Waals surface area contributed by atoms with Crippen LogP contribution in [0.2, 0.25) is 5.02 Å². The minimum atomic E-state index is 0.0592. The topological polar surface area (TPSA) is 35.2 Å². The van der Waals surface area contributed by atoms with Crippen LogP contribution in [0.25, 0.3) is 0 Å². The van der Waals surface area contributed by atoms with Gasteiger partial charge >= 0.3 is 0 Å². The second-order valence-corrected chi connectivity index (χ2v) is 5.19. The molecular formula is C17H20ClNO. The van der Waals surface area contributed by atoms with Gasteiger partial charge in [0.2, 0.25) is 0 Å². The standard InChI is InChI=1S/C17H20ClNO/c18-15-9-11-16(12-10-15)20-17(8-4-5-13-19)14-6-2-1-3-7-14/h1-3,6-7,9-12,17H,4-5,8,13,19H2. The minimum absolute atomic E-state index is 0.0592. The van der Waals surface area contributed by atoms with Gasteiger partial charge in [0.25, 0.3) is 0 Å². The second kappa shape index (κ2) is 7.93. The zero-order valence-corrected chi connectivity index (χ0v) is 12.2. The summed E-state index contributed by atoms with van der Waals surface area (Å²) >= 11 is 5.90. The number of benzene rings is 2. The molecule has 0 amide bonds. The van der Waals surface area contributed by atoms with Crippen molar-refractivity contribution < 1.29 is 4.74 Å². The van der Waals surface area contributed by atoms with Gasteiger partial charge in [-0.3, -0.25) is 0 Å². The lowest BCUT2D eigenvalue weighted by molar-refractivity contribution is 0.191. The number of rotatable bonds is 7. The lowest BCUT2D eigenvalue weighted by Gasteiger charge is -2.19. The maximum Gasteiger partial charge on any atom is 0.124 e. The fraction of sp³-hybridized carbons (Fsp3) is 0.294. The zero-order valence-electron chi connectivity index (χ0n) is 11.5. The molecule has 2 aromatic rings. The molecule has 0 aromatic heterocycles. The molecule has 0 aliphatic heterocycles. The highest BCUT2D eigenvalue weighted by Crippen LogP contribution is 2.27. The second-order valence-electron chi connectivity index (χ2n) is 4.76. The Morgan fingerprint density at radius 1 is 0.950 bits per heavy atom. The fourth-order valence-electron chi connectivity index (χ4n) is 2.11. The van der Waals surface area contributed by atoms with Crippen LogP contribution in [0.3, 0.4) is 0 Å². The quantitative estimate of drug-likeness (QED) is 0.757. The average Bonchev–Trinajstić information content (AvgIpc) is 2.49. The summed E-state index contributed by atoms with van der Waals surface area (Å²) in [5.74, 6) is 0.844. The Labute approximate surface area is 125 Å². The largest absolute Gasteiger partial charge is 0.486 e. The van der Waals surface area contributed by atoms with Crippen LogP contribution in [0, 0.1) is 0 Å². The first-order valence-electron chi connectivity index (χ1n) is 6.97. The van der Waals surface area contributed by atoms with E-state index in [1.54, 1.807) is 0 Å². The van der Waals surface area contributed by atoms with Crippen molar-refractivity contribution in [2.45, 2.75) is 25.4 Å². The van der Waals surface area contributed by atoms with Gasteiger partial charge in [-0.15, -0.1) is 0 Å². The maximum atomic E-state index is 6.10.